The van der Waals surface area contributed by atoms with E-state index in [1.807, 2.05) is 29.2 Å². The molecule has 1 atom stereocenters. The number of benzene rings is 1. The van der Waals surface area contributed by atoms with Gasteiger partial charge < -0.3 is 10.1 Å². The zero-order chi connectivity index (χ0) is 18.4. The highest BCUT2D eigenvalue weighted by atomic mass is 79.9. The van der Waals surface area contributed by atoms with Gasteiger partial charge in [0.1, 0.15) is 6.54 Å². The number of hydrogen-bond acceptors (Lipinski definition) is 5. The molecular formula is C16H16BrN3O5. The fourth-order valence-electron chi connectivity index (χ4n) is 2.09. The Balaban J connectivity index is 1.85. The number of halogens is 1. The van der Waals surface area contributed by atoms with Gasteiger partial charge in [0, 0.05) is 16.7 Å². The molecule has 132 valence electrons. The van der Waals surface area contributed by atoms with Crippen molar-refractivity contribution < 1.29 is 14.3 Å². The zero-order valence-electron chi connectivity index (χ0n) is 13.3. The highest BCUT2D eigenvalue weighted by Gasteiger charge is 2.14. The third-order valence-corrected chi connectivity index (χ3v) is 4.03. The molecule has 1 aromatic heterocycles. The van der Waals surface area contributed by atoms with Gasteiger partial charge in [0.2, 0.25) is 0 Å². The summed E-state index contributed by atoms with van der Waals surface area (Å²) in [5.74, 6) is -1.23. The number of rotatable bonds is 6. The Bertz CT molecular complexity index is 890. The molecule has 1 amide bonds. The second-order valence-electron chi connectivity index (χ2n) is 5.21. The second-order valence-corrected chi connectivity index (χ2v) is 6.06. The van der Waals surface area contributed by atoms with Gasteiger partial charge in [0.05, 0.1) is 6.04 Å². The normalized spacial score (nSPS) is 11.6. The number of H-pyrrole nitrogens is 1. The fourth-order valence-corrected chi connectivity index (χ4v) is 2.71. The first-order chi connectivity index (χ1) is 11.9. The highest BCUT2D eigenvalue weighted by Crippen LogP contribution is 2.22. The molecule has 0 saturated carbocycles. The van der Waals surface area contributed by atoms with E-state index in [1.165, 1.54) is 6.20 Å². The van der Waals surface area contributed by atoms with Crippen LogP contribution in [0.5, 0.6) is 0 Å². The van der Waals surface area contributed by atoms with E-state index < -0.39 is 36.3 Å². The van der Waals surface area contributed by atoms with Crippen molar-refractivity contribution in [2.75, 3.05) is 6.61 Å². The smallest absolute Gasteiger partial charge is 0.328 e. The molecule has 0 saturated heterocycles. The Morgan fingerprint density at radius 1 is 1.28 bits per heavy atom. The largest absolute Gasteiger partial charge is 0.454 e. The van der Waals surface area contributed by atoms with E-state index in [-0.39, 0.29) is 6.04 Å². The van der Waals surface area contributed by atoms with E-state index in [0.717, 1.165) is 20.7 Å². The van der Waals surface area contributed by atoms with Crippen LogP contribution in [0.2, 0.25) is 0 Å². The molecule has 2 aromatic rings. The maximum absolute atomic E-state index is 11.9. The van der Waals surface area contributed by atoms with Crippen molar-refractivity contribution in [1.82, 2.24) is 14.9 Å². The Kier molecular flexibility index (Phi) is 6.29. The van der Waals surface area contributed by atoms with E-state index in [1.54, 1.807) is 6.92 Å². The van der Waals surface area contributed by atoms with Crippen LogP contribution < -0.4 is 16.6 Å². The molecule has 0 unspecified atom stereocenters. The van der Waals surface area contributed by atoms with Gasteiger partial charge in [0.15, 0.2) is 6.61 Å². The SMILES string of the molecule is C[C@@H](NC(=O)COC(=O)Cn1ccc(=O)[nH]c1=O)c1ccccc1Br. The number of ether oxygens (including phenoxy) is 1. The van der Waals surface area contributed by atoms with Crippen LogP contribution in [0.1, 0.15) is 18.5 Å². The molecule has 0 radical (unpaired) electrons. The molecule has 25 heavy (non-hydrogen) atoms. The molecule has 0 aliphatic rings. The van der Waals surface area contributed by atoms with E-state index in [4.69, 9.17) is 4.74 Å². The molecule has 0 aliphatic heterocycles. The lowest BCUT2D eigenvalue weighted by atomic mass is 10.1. The summed E-state index contributed by atoms with van der Waals surface area (Å²) in [7, 11) is 0. The molecule has 0 bridgehead atoms. The van der Waals surface area contributed by atoms with Crippen molar-refractivity contribution in [2.45, 2.75) is 19.5 Å². The quantitative estimate of drug-likeness (QED) is 0.682. The van der Waals surface area contributed by atoms with Crippen LogP contribution in [0.15, 0.2) is 50.6 Å². The maximum atomic E-state index is 11.9. The Labute approximate surface area is 151 Å². The van der Waals surface area contributed by atoms with Crippen molar-refractivity contribution in [2.24, 2.45) is 0 Å². The molecule has 9 heteroatoms. The number of esters is 1. The number of nitrogens with one attached hydrogen (secondary N) is 2. The summed E-state index contributed by atoms with van der Waals surface area (Å²) in [6.45, 7) is 0.939. The lowest BCUT2D eigenvalue weighted by molar-refractivity contribution is -0.149. The summed E-state index contributed by atoms with van der Waals surface area (Å²) in [4.78, 5) is 48.0. The summed E-state index contributed by atoms with van der Waals surface area (Å²) in [5.41, 5.74) is -0.395. The number of aromatic nitrogens is 2. The number of hydrogen-bond donors (Lipinski definition) is 2. The zero-order valence-corrected chi connectivity index (χ0v) is 14.9. The van der Waals surface area contributed by atoms with Crippen molar-refractivity contribution in [1.29, 1.82) is 0 Å². The van der Waals surface area contributed by atoms with E-state index in [2.05, 4.69) is 21.2 Å². The lowest BCUT2D eigenvalue weighted by Crippen LogP contribution is -2.34. The van der Waals surface area contributed by atoms with Gasteiger partial charge in [-0.3, -0.25) is 23.9 Å². The standard InChI is InChI=1S/C16H16BrN3O5/c1-10(11-4-2-3-5-12(11)17)18-14(22)9-25-15(23)8-20-7-6-13(21)19-16(20)24/h2-7,10H,8-9H2,1H3,(H,18,22)(H,19,21,24)/t10-/m1/s1. The summed E-state index contributed by atoms with van der Waals surface area (Å²) < 4.78 is 6.68. The first kappa shape index (κ1) is 18.7. The monoisotopic (exact) mass is 409 g/mol. The molecule has 0 spiro atoms. The molecule has 1 aromatic carbocycles. The van der Waals surface area contributed by atoms with Crippen LogP contribution >= 0.6 is 15.9 Å². The Morgan fingerprint density at radius 2 is 2.00 bits per heavy atom. The van der Waals surface area contributed by atoms with E-state index in [9.17, 15) is 19.2 Å². The molecule has 0 fully saturated rings. The lowest BCUT2D eigenvalue weighted by Gasteiger charge is -2.16. The Morgan fingerprint density at radius 3 is 2.68 bits per heavy atom. The summed E-state index contributed by atoms with van der Waals surface area (Å²) in [6, 6.07) is 8.28. The molecule has 8 nitrogen and oxygen atoms in total. The minimum atomic E-state index is -0.766. The van der Waals surface area contributed by atoms with Crippen molar-refractivity contribution in [3.8, 4) is 0 Å². The highest BCUT2D eigenvalue weighted by molar-refractivity contribution is 9.10. The number of nitrogens with zero attached hydrogens (tertiary/aromatic N) is 1. The van der Waals surface area contributed by atoms with Crippen LogP contribution in [-0.2, 0) is 20.9 Å². The van der Waals surface area contributed by atoms with E-state index in [0.29, 0.717) is 0 Å². The number of amides is 1. The predicted molar refractivity (Wildman–Crippen MR) is 93.0 cm³/mol. The minimum Gasteiger partial charge on any atom is -0.454 e. The van der Waals surface area contributed by atoms with Gasteiger partial charge in [-0.15, -0.1) is 0 Å². The van der Waals surface area contributed by atoms with Gasteiger partial charge in [-0.25, -0.2) is 4.79 Å². The number of carbonyl (C=O) groups excluding carboxylic acids is 2. The predicted octanol–water partition coefficient (Wildman–Crippen LogP) is 0.720. The second kappa shape index (κ2) is 8.43. The minimum absolute atomic E-state index is 0.274. The van der Waals surface area contributed by atoms with Crippen LogP contribution in [-0.4, -0.2) is 28.0 Å². The number of carbonyl (C=O) groups is 2. The van der Waals surface area contributed by atoms with Crippen LogP contribution in [0, 0.1) is 0 Å². The fraction of sp³-hybridized carbons (Fsp3) is 0.250. The third kappa shape index (κ3) is 5.42. The molecular weight excluding hydrogens is 394 g/mol. The van der Waals surface area contributed by atoms with Gasteiger partial charge in [-0.1, -0.05) is 34.1 Å². The first-order valence-corrected chi connectivity index (χ1v) is 8.15. The van der Waals surface area contributed by atoms with Crippen LogP contribution in [0.25, 0.3) is 0 Å². The maximum Gasteiger partial charge on any atom is 0.328 e. The van der Waals surface area contributed by atoms with Crippen molar-refractivity contribution in [3.63, 3.8) is 0 Å². The van der Waals surface area contributed by atoms with Gasteiger partial charge >= 0.3 is 11.7 Å². The number of aromatic amines is 1. The van der Waals surface area contributed by atoms with Crippen molar-refractivity contribution in [3.05, 3.63) is 67.4 Å². The van der Waals surface area contributed by atoms with Gasteiger partial charge in [0.25, 0.3) is 11.5 Å². The summed E-state index contributed by atoms with van der Waals surface area (Å²) in [5, 5.41) is 2.71. The molecule has 2 N–H and O–H groups in total. The molecule has 1 heterocycles. The Hall–Kier alpha value is -2.68. The summed E-state index contributed by atoms with van der Waals surface area (Å²) in [6.07, 6.45) is 1.18. The van der Waals surface area contributed by atoms with Crippen LogP contribution in [0.3, 0.4) is 0 Å². The topological polar surface area (TPSA) is 110 Å². The average Bonchev–Trinajstić information content (AvgIpc) is 2.56. The van der Waals surface area contributed by atoms with Crippen molar-refractivity contribution >= 4 is 27.8 Å². The molecule has 0 aliphatic carbocycles. The first-order valence-electron chi connectivity index (χ1n) is 7.36. The molecule has 2 rings (SSSR count). The van der Waals surface area contributed by atoms with Crippen LogP contribution in [0.4, 0.5) is 0 Å². The average molecular weight is 410 g/mol. The summed E-state index contributed by atoms with van der Waals surface area (Å²) >= 11 is 3.40. The van der Waals surface area contributed by atoms with Gasteiger partial charge in [-0.2, -0.15) is 0 Å². The van der Waals surface area contributed by atoms with E-state index >= 15 is 0 Å². The third-order valence-electron chi connectivity index (χ3n) is 3.31. The van der Waals surface area contributed by atoms with Gasteiger partial charge in [-0.05, 0) is 18.6 Å².